The van der Waals surface area contributed by atoms with Gasteiger partial charge in [0, 0.05) is 12.1 Å². The minimum Gasteiger partial charge on any atom is -0.298 e. The van der Waals surface area contributed by atoms with Gasteiger partial charge in [-0.2, -0.15) is 0 Å². The Bertz CT molecular complexity index is 440. The molecular weight excluding hydrogens is 182 g/mol. The van der Waals surface area contributed by atoms with E-state index < -0.39 is 11.2 Å². The Balaban J connectivity index is 3.06. The summed E-state index contributed by atoms with van der Waals surface area (Å²) >= 11 is 0. The molecule has 14 heavy (non-hydrogen) atoms. The lowest BCUT2D eigenvalue weighted by Gasteiger charge is -1.94. The molecule has 0 radical (unpaired) electrons. The van der Waals surface area contributed by atoms with Crippen LogP contribution in [0, 0.1) is 10.1 Å². The normalized spacial score (nSPS) is 12.1. The maximum atomic E-state index is 10.6. The zero-order valence-corrected chi connectivity index (χ0v) is 7.56. The first-order valence-corrected chi connectivity index (χ1v) is 3.94. The standard InChI is InChI=1S/C10H9NO3/c1-8(7-12)5-9-3-2-4-10(6-9)11(13)14/h2-7H,1H3/b8-5+/i7D. The quantitative estimate of drug-likeness (QED) is 0.319. The van der Waals surface area contributed by atoms with Crippen molar-refractivity contribution in [1.29, 1.82) is 0 Å². The molecule has 0 fully saturated rings. The van der Waals surface area contributed by atoms with Crippen molar-refractivity contribution in [3.8, 4) is 0 Å². The van der Waals surface area contributed by atoms with Crippen molar-refractivity contribution in [3.63, 3.8) is 0 Å². The van der Waals surface area contributed by atoms with Gasteiger partial charge in [-0.25, -0.2) is 0 Å². The van der Waals surface area contributed by atoms with Gasteiger partial charge in [-0.15, -0.1) is 0 Å². The molecular formula is C10H9NO3. The third-order valence-corrected chi connectivity index (χ3v) is 1.63. The fourth-order valence-electron chi connectivity index (χ4n) is 1.01. The van der Waals surface area contributed by atoms with Crippen LogP contribution >= 0.6 is 0 Å². The summed E-state index contributed by atoms with van der Waals surface area (Å²) < 4.78 is 6.83. The summed E-state index contributed by atoms with van der Waals surface area (Å²) in [6.07, 6.45) is 0.656. The Kier molecular flexibility index (Phi) is 2.66. The smallest absolute Gasteiger partial charge is 0.270 e. The lowest BCUT2D eigenvalue weighted by Crippen LogP contribution is -1.87. The van der Waals surface area contributed by atoms with Gasteiger partial charge >= 0.3 is 0 Å². The molecule has 0 saturated heterocycles. The highest BCUT2D eigenvalue weighted by molar-refractivity contribution is 5.80. The molecule has 0 aliphatic rings. The van der Waals surface area contributed by atoms with E-state index in [1.54, 1.807) is 6.07 Å². The third-order valence-electron chi connectivity index (χ3n) is 1.63. The summed E-state index contributed by atoms with van der Waals surface area (Å²) in [6, 6.07) is 5.90. The van der Waals surface area contributed by atoms with E-state index in [1.807, 2.05) is 0 Å². The van der Waals surface area contributed by atoms with Gasteiger partial charge in [0.2, 0.25) is 0 Å². The van der Waals surface area contributed by atoms with Crippen molar-refractivity contribution in [3.05, 3.63) is 45.5 Å². The molecule has 0 bridgehead atoms. The lowest BCUT2D eigenvalue weighted by molar-refractivity contribution is -0.384. The average molecular weight is 192 g/mol. The van der Waals surface area contributed by atoms with Gasteiger partial charge in [-0.1, -0.05) is 12.1 Å². The summed E-state index contributed by atoms with van der Waals surface area (Å²) in [5.41, 5.74) is 0.756. The van der Waals surface area contributed by atoms with Crippen LogP contribution in [0.5, 0.6) is 0 Å². The van der Waals surface area contributed by atoms with E-state index in [-0.39, 0.29) is 11.3 Å². The number of aldehydes is 1. The van der Waals surface area contributed by atoms with E-state index in [0.29, 0.717) is 5.56 Å². The number of nitro groups is 1. The number of carbonyl (C=O) groups is 1. The van der Waals surface area contributed by atoms with E-state index >= 15 is 0 Å². The summed E-state index contributed by atoms with van der Waals surface area (Å²) in [6.45, 7) is 1.49. The van der Waals surface area contributed by atoms with Crippen LogP contribution in [0.3, 0.4) is 0 Å². The number of hydrogen-bond donors (Lipinski definition) is 0. The van der Waals surface area contributed by atoms with Crippen molar-refractivity contribution in [2.45, 2.75) is 6.92 Å². The van der Waals surface area contributed by atoms with E-state index in [2.05, 4.69) is 0 Å². The lowest BCUT2D eigenvalue weighted by atomic mass is 10.1. The zero-order valence-electron chi connectivity index (χ0n) is 8.56. The monoisotopic (exact) mass is 192 g/mol. The Morgan fingerprint density at radius 2 is 2.36 bits per heavy atom. The maximum absolute atomic E-state index is 10.6. The molecule has 0 saturated carbocycles. The number of rotatable bonds is 3. The van der Waals surface area contributed by atoms with Gasteiger partial charge in [0.15, 0.2) is 0 Å². The number of benzene rings is 1. The van der Waals surface area contributed by atoms with E-state index in [1.165, 1.54) is 31.2 Å². The number of allylic oxidation sites excluding steroid dienone is 1. The molecule has 4 heteroatoms. The van der Waals surface area contributed by atoms with Gasteiger partial charge in [0.05, 0.1) is 4.92 Å². The van der Waals surface area contributed by atoms with Crippen LogP contribution in [0.15, 0.2) is 29.8 Å². The molecule has 0 atom stereocenters. The minimum absolute atomic E-state index is 0.0334. The second-order valence-electron chi connectivity index (χ2n) is 2.78. The van der Waals surface area contributed by atoms with Crippen LogP contribution in [0.2, 0.25) is 0 Å². The molecule has 0 spiro atoms. The molecule has 0 N–H and O–H groups in total. The number of hydrogen-bond acceptors (Lipinski definition) is 3. The predicted molar refractivity (Wildman–Crippen MR) is 52.8 cm³/mol. The molecule has 1 rings (SSSR count). The Hall–Kier alpha value is -1.97. The fraction of sp³-hybridized carbons (Fsp3) is 0.100. The summed E-state index contributed by atoms with van der Waals surface area (Å²) in [5, 5.41) is 10.5. The molecule has 0 amide bonds. The topological polar surface area (TPSA) is 60.2 Å². The van der Waals surface area contributed by atoms with Crippen molar-refractivity contribution in [1.82, 2.24) is 0 Å². The number of non-ortho nitro benzene ring substituents is 1. The largest absolute Gasteiger partial charge is 0.298 e. The molecule has 0 unspecified atom stereocenters. The van der Waals surface area contributed by atoms with Crippen LogP contribution in [0.25, 0.3) is 6.08 Å². The zero-order chi connectivity index (χ0) is 11.4. The highest BCUT2D eigenvalue weighted by atomic mass is 16.6. The van der Waals surface area contributed by atoms with Crippen LogP contribution < -0.4 is 0 Å². The molecule has 1 aromatic rings. The maximum Gasteiger partial charge on any atom is 0.270 e. The van der Waals surface area contributed by atoms with Crippen molar-refractivity contribution < 1.29 is 11.1 Å². The molecule has 0 heterocycles. The van der Waals surface area contributed by atoms with E-state index in [9.17, 15) is 14.9 Å². The first-order chi connectivity index (χ1) is 7.00. The molecule has 4 nitrogen and oxygen atoms in total. The highest BCUT2D eigenvalue weighted by Gasteiger charge is 2.03. The van der Waals surface area contributed by atoms with E-state index in [4.69, 9.17) is 1.37 Å². The van der Waals surface area contributed by atoms with Gasteiger partial charge in [-0.05, 0) is 24.1 Å². The first kappa shape index (κ1) is 8.62. The molecule has 72 valence electrons. The average Bonchev–Trinajstić information content (AvgIpc) is 2.18. The second-order valence-corrected chi connectivity index (χ2v) is 2.78. The third kappa shape index (κ3) is 2.52. The highest BCUT2D eigenvalue weighted by Crippen LogP contribution is 2.14. The SMILES string of the molecule is [2H]C(=O)/C(C)=C/c1cccc([N+](=O)[O-])c1. The van der Waals surface area contributed by atoms with Gasteiger partial charge < -0.3 is 0 Å². The number of nitro benzene ring substituents is 1. The fourth-order valence-corrected chi connectivity index (χ4v) is 1.01. The van der Waals surface area contributed by atoms with Gasteiger partial charge in [-0.3, -0.25) is 14.9 Å². The predicted octanol–water partition coefficient (Wildman–Crippen LogP) is 2.20. The molecule has 0 aliphatic carbocycles. The van der Waals surface area contributed by atoms with Crippen molar-refractivity contribution >= 4 is 18.0 Å². The molecule has 0 aliphatic heterocycles. The Morgan fingerprint density at radius 3 is 2.93 bits per heavy atom. The number of carbonyl (C=O) groups excluding carboxylic acids is 1. The summed E-state index contributed by atoms with van der Waals surface area (Å²) in [7, 11) is 0. The van der Waals surface area contributed by atoms with Gasteiger partial charge in [0.1, 0.15) is 7.63 Å². The van der Waals surface area contributed by atoms with E-state index in [0.717, 1.165) is 0 Å². The second kappa shape index (κ2) is 4.32. The van der Waals surface area contributed by atoms with Crippen LogP contribution in [-0.2, 0) is 4.79 Å². The minimum atomic E-state index is -0.790. The van der Waals surface area contributed by atoms with Crippen molar-refractivity contribution in [2.24, 2.45) is 0 Å². The van der Waals surface area contributed by atoms with Crippen molar-refractivity contribution in [2.75, 3.05) is 0 Å². The summed E-state index contributed by atoms with van der Waals surface area (Å²) in [5.74, 6) is 0. The molecule has 1 aromatic carbocycles. The van der Waals surface area contributed by atoms with Gasteiger partial charge in [0.25, 0.3) is 5.69 Å². The number of nitrogens with zero attached hydrogens (tertiary/aromatic N) is 1. The Labute approximate surface area is 82.4 Å². The van der Waals surface area contributed by atoms with Crippen LogP contribution in [-0.4, -0.2) is 11.2 Å². The summed E-state index contributed by atoms with van der Waals surface area (Å²) in [4.78, 5) is 20.6. The molecule has 0 aromatic heterocycles. The first-order valence-electron chi connectivity index (χ1n) is 4.44. The van der Waals surface area contributed by atoms with Crippen LogP contribution in [0.4, 0.5) is 5.69 Å². The van der Waals surface area contributed by atoms with Crippen LogP contribution in [0.1, 0.15) is 13.9 Å². The Morgan fingerprint density at radius 1 is 1.64 bits per heavy atom.